The zero-order valence-corrected chi connectivity index (χ0v) is 10.7. The molecule has 1 atom stereocenters. The number of carboxylic acids is 1. The first-order chi connectivity index (χ1) is 8.95. The number of alkyl halides is 3. The normalized spacial score (nSPS) is 14.1. The smallest absolute Gasteiger partial charge is 0.416 e. The minimum absolute atomic E-state index is 0.103. The fraction of sp³-hybridized carbons (Fsp3) is 0.300. The zero-order valence-electron chi connectivity index (χ0n) is 9.90. The summed E-state index contributed by atoms with van der Waals surface area (Å²) in [5.41, 5.74) is -1.36. The van der Waals surface area contributed by atoms with Crippen LogP contribution in [-0.2, 0) is 21.0 Å². The monoisotopic (exact) mass is 315 g/mol. The Labute approximate surface area is 111 Å². The molecule has 0 aromatic heterocycles. The summed E-state index contributed by atoms with van der Waals surface area (Å²) in [6.45, 7) is 0.950. The van der Waals surface area contributed by atoms with Crippen molar-refractivity contribution in [1.29, 1.82) is 0 Å². The van der Waals surface area contributed by atoms with Gasteiger partial charge >= 0.3 is 12.1 Å². The second-order valence-electron chi connectivity index (χ2n) is 3.82. The van der Waals surface area contributed by atoms with Gasteiger partial charge in [-0.1, -0.05) is 0 Å². The van der Waals surface area contributed by atoms with Crippen molar-refractivity contribution in [3.8, 4) is 0 Å². The maximum atomic E-state index is 13.4. The van der Waals surface area contributed by atoms with E-state index in [1.165, 1.54) is 0 Å². The molecule has 1 rings (SSSR count). The van der Waals surface area contributed by atoms with Gasteiger partial charge in [-0.05, 0) is 25.1 Å². The van der Waals surface area contributed by atoms with Crippen LogP contribution >= 0.6 is 0 Å². The first-order valence-corrected chi connectivity index (χ1v) is 6.55. The molecule has 0 aliphatic carbocycles. The lowest BCUT2D eigenvalue weighted by Crippen LogP contribution is -2.38. The molecule has 2 N–H and O–H groups in total. The minimum Gasteiger partial charge on any atom is -0.480 e. The van der Waals surface area contributed by atoms with Crippen LogP contribution in [0.3, 0.4) is 0 Å². The van der Waals surface area contributed by atoms with E-state index in [0.717, 1.165) is 6.92 Å². The number of rotatable bonds is 4. The number of hydrogen-bond donors (Lipinski definition) is 2. The fourth-order valence-corrected chi connectivity index (χ4v) is 2.53. The molecule has 20 heavy (non-hydrogen) atoms. The molecule has 10 heteroatoms. The molecule has 0 bridgehead atoms. The Morgan fingerprint density at radius 1 is 1.35 bits per heavy atom. The lowest BCUT2D eigenvalue weighted by molar-refractivity contribution is -0.139. The van der Waals surface area contributed by atoms with E-state index < -0.39 is 44.5 Å². The minimum atomic E-state index is -4.85. The Balaban J connectivity index is 3.28. The Morgan fingerprint density at radius 2 is 1.90 bits per heavy atom. The van der Waals surface area contributed by atoms with E-state index in [1.807, 2.05) is 0 Å². The van der Waals surface area contributed by atoms with Crippen LogP contribution in [0, 0.1) is 5.82 Å². The van der Waals surface area contributed by atoms with Gasteiger partial charge in [-0.25, -0.2) is 12.8 Å². The molecular weight excluding hydrogens is 306 g/mol. The molecule has 0 amide bonds. The number of aliphatic carboxylic acids is 1. The van der Waals surface area contributed by atoms with E-state index in [9.17, 15) is 30.8 Å². The maximum Gasteiger partial charge on any atom is 0.416 e. The van der Waals surface area contributed by atoms with E-state index in [-0.39, 0.29) is 6.07 Å². The second-order valence-corrected chi connectivity index (χ2v) is 5.51. The van der Waals surface area contributed by atoms with E-state index in [4.69, 9.17) is 5.11 Å². The van der Waals surface area contributed by atoms with Crippen LogP contribution in [0.4, 0.5) is 17.6 Å². The number of sulfonamides is 1. The van der Waals surface area contributed by atoms with Gasteiger partial charge in [0.25, 0.3) is 0 Å². The zero-order chi connectivity index (χ0) is 15.7. The maximum absolute atomic E-state index is 13.4. The third kappa shape index (κ3) is 3.67. The third-order valence-electron chi connectivity index (χ3n) is 2.25. The summed E-state index contributed by atoms with van der Waals surface area (Å²) in [5, 5.41) is 8.54. The highest BCUT2D eigenvalue weighted by Gasteiger charge is 2.33. The average molecular weight is 315 g/mol. The van der Waals surface area contributed by atoms with Gasteiger partial charge in [0, 0.05) is 0 Å². The summed E-state index contributed by atoms with van der Waals surface area (Å²) in [6, 6.07) is -0.779. The largest absolute Gasteiger partial charge is 0.480 e. The summed E-state index contributed by atoms with van der Waals surface area (Å²) in [5.74, 6) is -2.97. The molecule has 0 heterocycles. The van der Waals surface area contributed by atoms with Crippen LogP contribution in [0.1, 0.15) is 12.5 Å². The molecule has 1 aromatic rings. The summed E-state index contributed by atoms with van der Waals surface area (Å²) in [4.78, 5) is 9.26. The van der Waals surface area contributed by atoms with Gasteiger partial charge in [0.2, 0.25) is 10.0 Å². The fourth-order valence-electron chi connectivity index (χ4n) is 1.23. The van der Waals surface area contributed by atoms with E-state index >= 15 is 0 Å². The van der Waals surface area contributed by atoms with Crippen molar-refractivity contribution in [2.45, 2.75) is 24.0 Å². The number of carboxylic acid groups (broad SMARTS) is 1. The van der Waals surface area contributed by atoms with Gasteiger partial charge in [-0.15, -0.1) is 0 Å². The number of halogens is 4. The van der Waals surface area contributed by atoms with E-state index in [0.29, 0.717) is 12.1 Å². The van der Waals surface area contributed by atoms with Crippen molar-refractivity contribution >= 4 is 16.0 Å². The van der Waals surface area contributed by atoms with Crippen LogP contribution < -0.4 is 4.72 Å². The van der Waals surface area contributed by atoms with Crippen molar-refractivity contribution in [3.63, 3.8) is 0 Å². The molecule has 0 saturated carbocycles. The van der Waals surface area contributed by atoms with Crippen LogP contribution in [0.2, 0.25) is 0 Å². The lowest BCUT2D eigenvalue weighted by Gasteiger charge is -2.13. The van der Waals surface area contributed by atoms with Gasteiger partial charge in [-0.2, -0.15) is 17.9 Å². The number of carbonyl (C=O) groups is 1. The molecule has 0 aliphatic heterocycles. The second kappa shape index (κ2) is 5.37. The topological polar surface area (TPSA) is 83.5 Å². The van der Waals surface area contributed by atoms with Crippen molar-refractivity contribution < 1.29 is 35.9 Å². The predicted molar refractivity (Wildman–Crippen MR) is 58.8 cm³/mol. The molecular formula is C10H9F4NO4S. The molecule has 0 fully saturated rings. The van der Waals surface area contributed by atoms with Gasteiger partial charge in [-0.3, -0.25) is 4.79 Å². The molecule has 0 spiro atoms. The van der Waals surface area contributed by atoms with Crippen molar-refractivity contribution in [2.75, 3.05) is 0 Å². The Morgan fingerprint density at radius 3 is 2.35 bits per heavy atom. The third-order valence-corrected chi connectivity index (χ3v) is 3.81. The average Bonchev–Trinajstić information content (AvgIpc) is 2.26. The first-order valence-electron chi connectivity index (χ1n) is 5.07. The summed E-state index contributed by atoms with van der Waals surface area (Å²) in [6.07, 6.45) is -4.85. The Kier molecular flexibility index (Phi) is 4.39. The highest BCUT2D eigenvalue weighted by atomic mass is 32.2. The van der Waals surface area contributed by atoms with Crippen molar-refractivity contribution in [1.82, 2.24) is 4.72 Å². The quantitative estimate of drug-likeness (QED) is 0.827. The lowest BCUT2D eigenvalue weighted by atomic mass is 10.2. The Hall–Kier alpha value is -1.68. The van der Waals surface area contributed by atoms with Crippen LogP contribution in [0.15, 0.2) is 23.1 Å². The van der Waals surface area contributed by atoms with Crippen LogP contribution in [-0.4, -0.2) is 25.5 Å². The molecule has 0 radical (unpaired) electrons. The van der Waals surface area contributed by atoms with E-state index in [2.05, 4.69) is 0 Å². The molecule has 0 saturated heterocycles. The van der Waals surface area contributed by atoms with Gasteiger partial charge < -0.3 is 5.11 Å². The highest BCUT2D eigenvalue weighted by molar-refractivity contribution is 7.89. The molecule has 5 nitrogen and oxygen atoms in total. The molecule has 0 unspecified atom stereocenters. The summed E-state index contributed by atoms with van der Waals surface area (Å²) >= 11 is 0. The van der Waals surface area contributed by atoms with Crippen molar-refractivity contribution in [2.24, 2.45) is 0 Å². The predicted octanol–water partition coefficient (Wildman–Crippen LogP) is 1.60. The number of nitrogens with one attached hydrogen (secondary N) is 1. The van der Waals surface area contributed by atoms with Gasteiger partial charge in [0.05, 0.1) is 5.56 Å². The Bertz CT molecular complexity index is 627. The highest BCUT2D eigenvalue weighted by Crippen LogP contribution is 2.31. The van der Waals surface area contributed by atoms with Gasteiger partial charge in [0.15, 0.2) is 0 Å². The SMILES string of the molecule is C[C@@H](NS(=O)(=O)c1cc(C(F)(F)F)ccc1F)C(=O)O. The summed E-state index contributed by atoms with van der Waals surface area (Å²) < 4.78 is 75.6. The molecule has 112 valence electrons. The van der Waals surface area contributed by atoms with E-state index in [1.54, 1.807) is 4.72 Å². The van der Waals surface area contributed by atoms with Crippen LogP contribution in [0.25, 0.3) is 0 Å². The van der Waals surface area contributed by atoms with Gasteiger partial charge in [0.1, 0.15) is 16.8 Å². The molecule has 1 aromatic carbocycles. The first kappa shape index (κ1) is 16.4. The standard InChI is InChI=1S/C10H9F4NO4S/c1-5(9(16)17)15-20(18,19)8-4-6(10(12,13)14)2-3-7(8)11/h2-5,15H,1H3,(H,16,17)/t5-/m1/s1. The molecule has 0 aliphatic rings. The number of benzene rings is 1. The summed E-state index contributed by atoms with van der Waals surface area (Å²) in [7, 11) is -4.72. The number of hydrogen-bond acceptors (Lipinski definition) is 3. The van der Waals surface area contributed by atoms with Crippen LogP contribution in [0.5, 0.6) is 0 Å². The van der Waals surface area contributed by atoms with Crippen molar-refractivity contribution in [3.05, 3.63) is 29.6 Å².